The minimum absolute atomic E-state index is 0.0627. The Hall–Kier alpha value is -3.10. The maximum atomic E-state index is 12.6. The van der Waals surface area contributed by atoms with Gasteiger partial charge < -0.3 is 20.3 Å². The summed E-state index contributed by atoms with van der Waals surface area (Å²) in [6.07, 6.45) is 1.96. The number of nitrogens with zero attached hydrogens (tertiary/aromatic N) is 4. The van der Waals surface area contributed by atoms with Crippen molar-refractivity contribution in [1.82, 2.24) is 30.3 Å². The summed E-state index contributed by atoms with van der Waals surface area (Å²) in [5.41, 5.74) is 0.190. The highest BCUT2D eigenvalue weighted by molar-refractivity contribution is 5.78. The number of likely N-dealkylation sites (tertiary alicyclic amines) is 1. The molecule has 0 aliphatic carbocycles. The van der Waals surface area contributed by atoms with Crippen LogP contribution in [0, 0.1) is 0 Å². The third-order valence-electron chi connectivity index (χ3n) is 5.78. The van der Waals surface area contributed by atoms with E-state index in [-0.39, 0.29) is 24.0 Å². The lowest BCUT2D eigenvalue weighted by atomic mass is 9.84. The summed E-state index contributed by atoms with van der Waals surface area (Å²) in [6, 6.07) is 7.50. The fraction of sp³-hybridized carbons (Fsp3) is 0.545. The van der Waals surface area contributed by atoms with Crippen LogP contribution in [0.2, 0.25) is 0 Å². The number of carbonyl (C=O) groups excluding carboxylic acids is 2. The van der Waals surface area contributed by atoms with Gasteiger partial charge in [0, 0.05) is 30.6 Å². The highest BCUT2D eigenvalue weighted by atomic mass is 16.5. The monoisotopic (exact) mass is 426 g/mol. The normalized spacial score (nSPS) is 18.2. The molecule has 1 spiro atoms. The van der Waals surface area contributed by atoms with Gasteiger partial charge in [-0.3, -0.25) is 4.79 Å². The molecule has 1 aromatic carbocycles. The third-order valence-corrected chi connectivity index (χ3v) is 5.78. The first kappa shape index (κ1) is 21.1. The SMILES string of the molecule is COc1ccc(-c2nc3n(n2)CC(=O)NC2(CCN(C(=O)NC(C)(C)C)CC2)C3)cc1. The molecule has 1 fully saturated rings. The number of piperidine rings is 1. The predicted octanol–water partition coefficient (Wildman–Crippen LogP) is 1.97. The molecule has 0 atom stereocenters. The van der Waals surface area contributed by atoms with Crippen molar-refractivity contribution in [2.45, 2.75) is 57.7 Å². The van der Waals surface area contributed by atoms with Gasteiger partial charge in [0.05, 0.1) is 12.6 Å². The summed E-state index contributed by atoms with van der Waals surface area (Å²) in [5, 5.41) is 10.8. The van der Waals surface area contributed by atoms with Crippen LogP contribution in [-0.2, 0) is 17.8 Å². The number of hydrogen-bond acceptors (Lipinski definition) is 5. The van der Waals surface area contributed by atoms with Crippen molar-refractivity contribution in [3.63, 3.8) is 0 Å². The molecule has 2 N–H and O–H groups in total. The molecule has 9 heteroatoms. The molecule has 4 rings (SSSR count). The Balaban J connectivity index is 1.51. The van der Waals surface area contributed by atoms with Gasteiger partial charge in [0.15, 0.2) is 5.82 Å². The Bertz CT molecular complexity index is 968. The lowest BCUT2D eigenvalue weighted by molar-refractivity contribution is -0.123. The van der Waals surface area contributed by atoms with E-state index in [1.165, 1.54) is 0 Å². The number of amides is 3. The van der Waals surface area contributed by atoms with Gasteiger partial charge in [-0.25, -0.2) is 14.5 Å². The largest absolute Gasteiger partial charge is 0.497 e. The van der Waals surface area contributed by atoms with E-state index in [0.717, 1.165) is 17.1 Å². The number of hydrogen-bond donors (Lipinski definition) is 2. The Morgan fingerprint density at radius 1 is 1.19 bits per heavy atom. The van der Waals surface area contributed by atoms with Gasteiger partial charge in [-0.2, -0.15) is 5.10 Å². The van der Waals surface area contributed by atoms with E-state index in [0.29, 0.717) is 38.2 Å². The van der Waals surface area contributed by atoms with Gasteiger partial charge in [-0.15, -0.1) is 0 Å². The minimum Gasteiger partial charge on any atom is -0.497 e. The van der Waals surface area contributed by atoms with Gasteiger partial charge in [0.25, 0.3) is 0 Å². The van der Waals surface area contributed by atoms with E-state index in [9.17, 15) is 9.59 Å². The highest BCUT2D eigenvalue weighted by Crippen LogP contribution is 2.29. The van der Waals surface area contributed by atoms with E-state index in [1.54, 1.807) is 11.8 Å². The molecule has 0 saturated carbocycles. The van der Waals surface area contributed by atoms with Gasteiger partial charge >= 0.3 is 6.03 Å². The van der Waals surface area contributed by atoms with Crippen LogP contribution in [0.15, 0.2) is 24.3 Å². The van der Waals surface area contributed by atoms with Crippen LogP contribution < -0.4 is 15.4 Å². The average Bonchev–Trinajstić information content (AvgIpc) is 3.03. The number of methoxy groups -OCH3 is 1. The van der Waals surface area contributed by atoms with Gasteiger partial charge in [0.2, 0.25) is 5.91 Å². The van der Waals surface area contributed by atoms with E-state index in [4.69, 9.17) is 9.72 Å². The second-order valence-electron chi connectivity index (χ2n) is 9.41. The Morgan fingerprint density at radius 2 is 1.87 bits per heavy atom. The van der Waals surface area contributed by atoms with Crippen molar-refractivity contribution in [1.29, 1.82) is 0 Å². The van der Waals surface area contributed by atoms with Gasteiger partial charge in [-0.05, 0) is 57.9 Å². The van der Waals surface area contributed by atoms with Crippen LogP contribution in [-0.4, -0.2) is 62.9 Å². The number of rotatable bonds is 2. The average molecular weight is 427 g/mol. The van der Waals surface area contributed by atoms with Crippen molar-refractivity contribution in [2.24, 2.45) is 0 Å². The van der Waals surface area contributed by atoms with Crippen molar-refractivity contribution >= 4 is 11.9 Å². The molecule has 1 aromatic heterocycles. The van der Waals surface area contributed by atoms with Crippen molar-refractivity contribution < 1.29 is 14.3 Å². The fourth-order valence-corrected chi connectivity index (χ4v) is 4.15. The summed E-state index contributed by atoms with van der Waals surface area (Å²) in [5.74, 6) is 2.09. The zero-order valence-electron chi connectivity index (χ0n) is 18.6. The molecule has 1 saturated heterocycles. The number of aromatic nitrogens is 3. The Labute approximate surface area is 182 Å². The van der Waals surface area contributed by atoms with E-state index >= 15 is 0 Å². The van der Waals surface area contributed by atoms with Crippen molar-refractivity contribution in [3.8, 4) is 17.1 Å². The first-order valence-corrected chi connectivity index (χ1v) is 10.6. The molecular formula is C22H30N6O3. The van der Waals surface area contributed by atoms with Crippen LogP contribution >= 0.6 is 0 Å². The molecule has 9 nitrogen and oxygen atoms in total. The number of carbonyl (C=O) groups is 2. The molecule has 31 heavy (non-hydrogen) atoms. The standard InChI is InChI=1S/C22H30N6O3/c1-21(2,3)25-20(30)27-11-9-22(10-12-27)13-17-23-19(26-28(17)14-18(29)24-22)15-5-7-16(31-4)8-6-15/h5-8H,9-14H2,1-4H3,(H,24,29)(H,25,30). The van der Waals surface area contributed by atoms with Gasteiger partial charge in [0.1, 0.15) is 18.1 Å². The second-order valence-corrected chi connectivity index (χ2v) is 9.41. The molecule has 0 bridgehead atoms. The molecule has 0 radical (unpaired) electrons. The van der Waals surface area contributed by atoms with Crippen LogP contribution in [0.5, 0.6) is 5.75 Å². The molecule has 3 amide bonds. The predicted molar refractivity (Wildman–Crippen MR) is 116 cm³/mol. The molecule has 0 unspecified atom stereocenters. The van der Waals surface area contributed by atoms with E-state index < -0.39 is 5.54 Å². The first-order valence-electron chi connectivity index (χ1n) is 10.6. The number of nitrogens with one attached hydrogen (secondary N) is 2. The second kappa shape index (κ2) is 7.86. The summed E-state index contributed by atoms with van der Waals surface area (Å²) in [4.78, 5) is 31.7. The number of urea groups is 1. The summed E-state index contributed by atoms with van der Waals surface area (Å²) in [6.45, 7) is 7.22. The van der Waals surface area contributed by atoms with Crippen LogP contribution in [0.25, 0.3) is 11.4 Å². The fourth-order valence-electron chi connectivity index (χ4n) is 4.15. The van der Waals surface area contributed by atoms with Gasteiger partial charge in [-0.1, -0.05) is 0 Å². The molecule has 2 aliphatic heterocycles. The number of benzene rings is 1. The maximum absolute atomic E-state index is 12.6. The minimum atomic E-state index is -0.409. The molecule has 3 heterocycles. The Kier molecular flexibility index (Phi) is 5.36. The van der Waals surface area contributed by atoms with Crippen LogP contribution in [0.3, 0.4) is 0 Å². The topological polar surface area (TPSA) is 101 Å². The van der Waals surface area contributed by atoms with Crippen molar-refractivity contribution in [2.75, 3.05) is 20.2 Å². The van der Waals surface area contributed by atoms with Crippen LogP contribution in [0.1, 0.15) is 39.4 Å². The lowest BCUT2D eigenvalue weighted by Gasteiger charge is -2.42. The molecule has 166 valence electrons. The van der Waals surface area contributed by atoms with E-state index in [1.807, 2.05) is 49.9 Å². The number of fused-ring (bicyclic) bond motifs is 1. The third kappa shape index (κ3) is 4.65. The molecule has 2 aliphatic rings. The maximum Gasteiger partial charge on any atom is 0.317 e. The summed E-state index contributed by atoms with van der Waals surface area (Å²) >= 11 is 0. The number of ether oxygens (including phenoxy) is 1. The lowest BCUT2D eigenvalue weighted by Crippen LogP contribution is -2.59. The van der Waals surface area contributed by atoms with E-state index in [2.05, 4.69) is 15.7 Å². The smallest absolute Gasteiger partial charge is 0.317 e. The van der Waals surface area contributed by atoms with Crippen LogP contribution in [0.4, 0.5) is 4.79 Å². The summed E-state index contributed by atoms with van der Waals surface area (Å²) < 4.78 is 6.91. The zero-order chi connectivity index (χ0) is 22.2. The quantitative estimate of drug-likeness (QED) is 0.765. The molecular weight excluding hydrogens is 396 g/mol. The first-order chi connectivity index (χ1) is 14.7. The highest BCUT2D eigenvalue weighted by Gasteiger charge is 2.41. The Morgan fingerprint density at radius 3 is 2.48 bits per heavy atom. The summed E-state index contributed by atoms with van der Waals surface area (Å²) in [7, 11) is 1.63. The molecule has 2 aromatic rings. The zero-order valence-corrected chi connectivity index (χ0v) is 18.6. The van der Waals surface area contributed by atoms with Crippen molar-refractivity contribution in [3.05, 3.63) is 30.1 Å².